The lowest BCUT2D eigenvalue weighted by atomic mass is 10.3. The van der Waals surface area contributed by atoms with E-state index in [1.807, 2.05) is 24.3 Å². The highest BCUT2D eigenvalue weighted by atomic mass is 32.1. The minimum Gasteiger partial charge on any atom is -0.300 e. The maximum absolute atomic E-state index is 12.3. The number of thiazole rings is 2. The van der Waals surface area contributed by atoms with Crippen LogP contribution >= 0.6 is 22.7 Å². The summed E-state index contributed by atoms with van der Waals surface area (Å²) < 4.78 is 1.02. The number of nitrogens with one attached hydrogen (secondary N) is 2. The molecular weight excluding hydrogens is 344 g/mol. The molecule has 0 fully saturated rings. The van der Waals surface area contributed by atoms with E-state index in [1.54, 1.807) is 23.8 Å². The fourth-order valence-corrected chi connectivity index (χ4v) is 3.53. The first-order valence-electron chi connectivity index (χ1n) is 6.94. The summed E-state index contributed by atoms with van der Waals surface area (Å²) in [5.41, 5.74) is 1.18. The second-order valence-electron chi connectivity index (χ2n) is 4.68. The van der Waals surface area contributed by atoms with Crippen molar-refractivity contribution in [2.24, 2.45) is 0 Å². The number of hydrogen-bond acceptors (Lipinski definition) is 8. The second-order valence-corrected chi connectivity index (χ2v) is 6.56. The Kier molecular flexibility index (Phi) is 3.85. The molecule has 0 bridgehead atoms. The zero-order valence-electron chi connectivity index (χ0n) is 12.1. The van der Waals surface area contributed by atoms with Gasteiger partial charge in [0.2, 0.25) is 5.95 Å². The predicted octanol–water partition coefficient (Wildman–Crippen LogP) is 3.54. The molecule has 0 unspecified atom stereocenters. The van der Waals surface area contributed by atoms with Crippen molar-refractivity contribution in [2.45, 2.75) is 0 Å². The number of nitrogens with zero attached hydrogens (tertiary/aromatic N) is 4. The van der Waals surface area contributed by atoms with Gasteiger partial charge in [-0.15, -0.1) is 11.3 Å². The number of para-hydroxylation sites is 1. The number of aromatic nitrogens is 4. The number of benzene rings is 1. The maximum atomic E-state index is 12.3. The molecule has 1 aromatic carbocycles. The first-order valence-corrected chi connectivity index (χ1v) is 8.64. The fraction of sp³-hybridized carbons (Fsp3) is 0. The highest BCUT2D eigenvalue weighted by Crippen LogP contribution is 2.26. The fourth-order valence-electron chi connectivity index (χ4n) is 1.98. The van der Waals surface area contributed by atoms with Gasteiger partial charge in [-0.25, -0.2) is 19.9 Å². The summed E-state index contributed by atoms with van der Waals surface area (Å²) >= 11 is 2.73. The van der Waals surface area contributed by atoms with Crippen LogP contribution in [-0.4, -0.2) is 25.8 Å². The first kappa shape index (κ1) is 14.7. The van der Waals surface area contributed by atoms with Gasteiger partial charge in [0.15, 0.2) is 10.3 Å². The number of anilines is 3. The molecule has 118 valence electrons. The zero-order valence-corrected chi connectivity index (χ0v) is 13.8. The number of carbonyl (C=O) groups excluding carboxylic acids is 1. The third-order valence-corrected chi connectivity index (χ3v) is 4.75. The topological polar surface area (TPSA) is 92.7 Å². The van der Waals surface area contributed by atoms with Crippen molar-refractivity contribution in [3.05, 3.63) is 53.8 Å². The summed E-state index contributed by atoms with van der Waals surface area (Å²) in [7, 11) is 0. The Morgan fingerprint density at radius 1 is 1.00 bits per heavy atom. The van der Waals surface area contributed by atoms with E-state index in [2.05, 4.69) is 30.6 Å². The van der Waals surface area contributed by atoms with E-state index in [9.17, 15) is 4.79 Å². The van der Waals surface area contributed by atoms with Crippen molar-refractivity contribution in [2.75, 3.05) is 10.6 Å². The molecule has 0 aliphatic rings. The Bertz CT molecular complexity index is 964. The summed E-state index contributed by atoms with van der Waals surface area (Å²) in [6.07, 6.45) is 3.26. The average molecular weight is 354 g/mol. The highest BCUT2D eigenvalue weighted by molar-refractivity contribution is 7.22. The SMILES string of the molecule is O=C(Nc1nc2ccccc2s1)c1csc(Nc2ncccn2)n1. The number of amides is 1. The molecule has 0 spiro atoms. The van der Waals surface area contributed by atoms with Gasteiger partial charge in [-0.1, -0.05) is 23.5 Å². The van der Waals surface area contributed by atoms with Gasteiger partial charge < -0.3 is 5.32 Å². The van der Waals surface area contributed by atoms with E-state index in [-0.39, 0.29) is 5.91 Å². The number of fused-ring (bicyclic) bond motifs is 1. The normalized spacial score (nSPS) is 10.7. The van der Waals surface area contributed by atoms with Gasteiger partial charge in [0, 0.05) is 17.8 Å². The van der Waals surface area contributed by atoms with Crippen LogP contribution in [0.3, 0.4) is 0 Å². The molecule has 0 radical (unpaired) electrons. The molecule has 0 saturated carbocycles. The second kappa shape index (κ2) is 6.30. The third-order valence-electron chi connectivity index (χ3n) is 3.04. The Labute approximate surface area is 144 Å². The van der Waals surface area contributed by atoms with E-state index in [0.29, 0.717) is 21.9 Å². The van der Waals surface area contributed by atoms with Crippen molar-refractivity contribution in [1.29, 1.82) is 0 Å². The van der Waals surface area contributed by atoms with E-state index >= 15 is 0 Å². The number of rotatable bonds is 4. The Balaban J connectivity index is 1.48. The van der Waals surface area contributed by atoms with Crippen LogP contribution in [0, 0.1) is 0 Å². The largest absolute Gasteiger partial charge is 0.300 e. The minimum atomic E-state index is -0.299. The molecule has 3 aromatic heterocycles. The molecule has 24 heavy (non-hydrogen) atoms. The monoisotopic (exact) mass is 354 g/mol. The molecular formula is C15H10N6OS2. The summed E-state index contributed by atoms with van der Waals surface area (Å²) in [4.78, 5) is 29.0. The van der Waals surface area contributed by atoms with Gasteiger partial charge in [0.05, 0.1) is 10.2 Å². The van der Waals surface area contributed by atoms with Crippen LogP contribution in [0.5, 0.6) is 0 Å². The lowest BCUT2D eigenvalue weighted by Gasteiger charge is -1.99. The van der Waals surface area contributed by atoms with Gasteiger partial charge in [-0.2, -0.15) is 0 Å². The van der Waals surface area contributed by atoms with Crippen molar-refractivity contribution in [1.82, 2.24) is 19.9 Å². The van der Waals surface area contributed by atoms with Crippen molar-refractivity contribution in [3.63, 3.8) is 0 Å². The molecule has 1 amide bonds. The molecule has 9 heteroatoms. The van der Waals surface area contributed by atoms with Crippen molar-refractivity contribution >= 4 is 55.0 Å². The molecule has 4 aromatic rings. The summed E-state index contributed by atoms with van der Waals surface area (Å²) in [5, 5.41) is 8.51. The van der Waals surface area contributed by atoms with Gasteiger partial charge in [0.1, 0.15) is 5.69 Å². The number of hydrogen-bond donors (Lipinski definition) is 2. The van der Waals surface area contributed by atoms with Crippen LogP contribution in [0.4, 0.5) is 16.2 Å². The van der Waals surface area contributed by atoms with Crippen LogP contribution in [0.15, 0.2) is 48.1 Å². The molecule has 7 nitrogen and oxygen atoms in total. The Morgan fingerprint density at radius 2 is 1.83 bits per heavy atom. The van der Waals surface area contributed by atoms with Crippen LogP contribution in [0.1, 0.15) is 10.5 Å². The van der Waals surface area contributed by atoms with Crippen LogP contribution in [0.2, 0.25) is 0 Å². The zero-order chi connectivity index (χ0) is 16.4. The summed E-state index contributed by atoms with van der Waals surface area (Å²) in [5.74, 6) is 0.136. The average Bonchev–Trinajstić information content (AvgIpc) is 3.22. The van der Waals surface area contributed by atoms with Gasteiger partial charge in [-0.05, 0) is 18.2 Å². The molecule has 3 heterocycles. The smallest absolute Gasteiger partial charge is 0.276 e. The predicted molar refractivity (Wildman–Crippen MR) is 95.0 cm³/mol. The van der Waals surface area contributed by atoms with Crippen LogP contribution in [0.25, 0.3) is 10.2 Å². The van der Waals surface area contributed by atoms with Gasteiger partial charge >= 0.3 is 0 Å². The van der Waals surface area contributed by atoms with Gasteiger partial charge in [-0.3, -0.25) is 10.1 Å². The maximum Gasteiger partial charge on any atom is 0.276 e. The molecule has 0 atom stereocenters. The molecule has 0 aliphatic carbocycles. The van der Waals surface area contributed by atoms with Crippen molar-refractivity contribution in [3.8, 4) is 0 Å². The van der Waals surface area contributed by atoms with Crippen LogP contribution < -0.4 is 10.6 Å². The number of carbonyl (C=O) groups is 1. The minimum absolute atomic E-state index is 0.299. The summed E-state index contributed by atoms with van der Waals surface area (Å²) in [6, 6.07) is 9.46. The summed E-state index contributed by atoms with van der Waals surface area (Å²) in [6.45, 7) is 0. The Hall–Kier alpha value is -2.91. The molecule has 0 aliphatic heterocycles. The lowest BCUT2D eigenvalue weighted by molar-refractivity contribution is 0.102. The van der Waals surface area contributed by atoms with Crippen molar-refractivity contribution < 1.29 is 4.79 Å². The molecule has 4 rings (SSSR count). The van der Waals surface area contributed by atoms with E-state index in [4.69, 9.17) is 0 Å². The van der Waals surface area contributed by atoms with E-state index in [1.165, 1.54) is 22.7 Å². The highest BCUT2D eigenvalue weighted by Gasteiger charge is 2.13. The molecule has 0 saturated heterocycles. The van der Waals surface area contributed by atoms with E-state index < -0.39 is 0 Å². The Morgan fingerprint density at radius 3 is 2.67 bits per heavy atom. The quantitative estimate of drug-likeness (QED) is 0.582. The lowest BCUT2D eigenvalue weighted by Crippen LogP contribution is -2.12. The third kappa shape index (κ3) is 3.07. The first-order chi connectivity index (χ1) is 11.8. The van der Waals surface area contributed by atoms with E-state index in [0.717, 1.165) is 10.2 Å². The van der Waals surface area contributed by atoms with Gasteiger partial charge in [0.25, 0.3) is 5.91 Å². The van der Waals surface area contributed by atoms with Crippen LogP contribution in [-0.2, 0) is 0 Å². The standard InChI is InChI=1S/C15H10N6OS2/c22-12(20-15-18-9-4-1-2-5-11(9)24-15)10-8-23-14(19-10)21-13-16-6-3-7-17-13/h1-8H,(H,18,20,22)(H,16,17,19,21). The molecule has 2 N–H and O–H groups in total.